The van der Waals surface area contributed by atoms with Crippen LogP contribution in [0.5, 0.6) is 0 Å². The van der Waals surface area contributed by atoms with Crippen LogP contribution in [0.1, 0.15) is 20.8 Å². The van der Waals surface area contributed by atoms with Crippen LogP contribution in [-0.2, 0) is 9.30 Å². The van der Waals surface area contributed by atoms with Crippen molar-refractivity contribution in [3.63, 3.8) is 0 Å². The van der Waals surface area contributed by atoms with Gasteiger partial charge in [0.05, 0.1) is 0 Å². The highest BCUT2D eigenvalue weighted by atomic mass is 31.2. The molecule has 0 aliphatic rings. The fourth-order valence-corrected chi connectivity index (χ4v) is 0.735. The molecular weight excluding hydrogens is 155 g/mol. The van der Waals surface area contributed by atoms with Crippen molar-refractivity contribution in [1.29, 1.82) is 0 Å². The maximum Gasteiger partial charge on any atom is 0.356 e. The zero-order chi connectivity index (χ0) is 8.41. The standard InChI is InChI=1S/C5H13O4P/c1-4-9-5(2,3)10(6,7)8/h4H2,1-3H3,(H2,6,7,8). The molecule has 0 fully saturated rings. The monoisotopic (exact) mass is 168 g/mol. The molecule has 0 saturated carbocycles. The molecule has 0 aromatic heterocycles. The summed E-state index contributed by atoms with van der Waals surface area (Å²) in [4.78, 5) is 17.3. The fourth-order valence-electron chi connectivity index (χ4n) is 0.437. The highest BCUT2D eigenvalue weighted by molar-refractivity contribution is 7.53. The lowest BCUT2D eigenvalue weighted by molar-refractivity contribution is 0.0332. The first-order valence-corrected chi connectivity index (χ1v) is 4.62. The molecule has 0 spiro atoms. The Bertz CT molecular complexity index is 148. The summed E-state index contributed by atoms with van der Waals surface area (Å²) in [6.45, 7) is 4.74. The van der Waals surface area contributed by atoms with E-state index in [-0.39, 0.29) is 0 Å². The van der Waals surface area contributed by atoms with Crippen molar-refractivity contribution < 1.29 is 19.1 Å². The van der Waals surface area contributed by atoms with E-state index in [0.29, 0.717) is 6.61 Å². The van der Waals surface area contributed by atoms with Crippen molar-refractivity contribution in [3.05, 3.63) is 0 Å². The zero-order valence-corrected chi connectivity index (χ0v) is 7.26. The lowest BCUT2D eigenvalue weighted by atomic mass is 10.5. The smallest absolute Gasteiger partial charge is 0.356 e. The Morgan fingerprint density at radius 2 is 1.90 bits per heavy atom. The second-order valence-corrected chi connectivity index (χ2v) is 4.59. The Balaban J connectivity index is 4.25. The van der Waals surface area contributed by atoms with E-state index in [2.05, 4.69) is 0 Å². The summed E-state index contributed by atoms with van der Waals surface area (Å²) < 4.78 is 15.4. The van der Waals surface area contributed by atoms with E-state index in [1.807, 2.05) is 0 Å². The van der Waals surface area contributed by atoms with Crippen LogP contribution in [0.3, 0.4) is 0 Å². The van der Waals surface area contributed by atoms with E-state index in [1.165, 1.54) is 13.8 Å². The van der Waals surface area contributed by atoms with Gasteiger partial charge >= 0.3 is 7.60 Å². The summed E-state index contributed by atoms with van der Waals surface area (Å²) in [7, 11) is -4.11. The van der Waals surface area contributed by atoms with Crippen LogP contribution < -0.4 is 0 Å². The summed E-state index contributed by atoms with van der Waals surface area (Å²) >= 11 is 0. The van der Waals surface area contributed by atoms with Gasteiger partial charge in [0.25, 0.3) is 0 Å². The normalized spacial score (nSPS) is 13.7. The third kappa shape index (κ3) is 2.39. The summed E-state index contributed by atoms with van der Waals surface area (Å²) in [5, 5.41) is -1.35. The molecule has 2 N–H and O–H groups in total. The van der Waals surface area contributed by atoms with Gasteiger partial charge in [-0.3, -0.25) is 4.57 Å². The van der Waals surface area contributed by atoms with Gasteiger partial charge in [0.2, 0.25) is 0 Å². The van der Waals surface area contributed by atoms with E-state index in [4.69, 9.17) is 14.5 Å². The summed E-state index contributed by atoms with van der Waals surface area (Å²) in [5.41, 5.74) is 0. The van der Waals surface area contributed by atoms with Gasteiger partial charge in [-0.15, -0.1) is 0 Å². The van der Waals surface area contributed by atoms with Crippen molar-refractivity contribution in [2.45, 2.75) is 26.1 Å². The molecule has 62 valence electrons. The average Bonchev–Trinajstić information content (AvgIpc) is 1.61. The van der Waals surface area contributed by atoms with Crippen LogP contribution >= 0.6 is 7.60 Å². The molecule has 0 heterocycles. The Hall–Kier alpha value is 0.110. The van der Waals surface area contributed by atoms with Gasteiger partial charge in [-0.2, -0.15) is 0 Å². The van der Waals surface area contributed by atoms with Crippen LogP contribution in [0.25, 0.3) is 0 Å². The molecule has 0 aliphatic carbocycles. The van der Waals surface area contributed by atoms with Crippen molar-refractivity contribution in [2.75, 3.05) is 6.61 Å². The molecule has 0 rings (SSSR count). The zero-order valence-electron chi connectivity index (χ0n) is 6.37. The van der Waals surface area contributed by atoms with Crippen LogP contribution in [0.2, 0.25) is 0 Å². The third-order valence-electron chi connectivity index (χ3n) is 1.20. The van der Waals surface area contributed by atoms with Gasteiger partial charge in [-0.05, 0) is 20.8 Å². The molecular formula is C5H13O4P. The van der Waals surface area contributed by atoms with Gasteiger partial charge in [-0.1, -0.05) is 0 Å². The van der Waals surface area contributed by atoms with Gasteiger partial charge in [-0.25, -0.2) is 0 Å². The topological polar surface area (TPSA) is 66.8 Å². The van der Waals surface area contributed by atoms with E-state index in [1.54, 1.807) is 6.92 Å². The molecule has 0 saturated heterocycles. The number of hydrogen-bond donors (Lipinski definition) is 2. The fraction of sp³-hybridized carbons (Fsp3) is 1.00. The van der Waals surface area contributed by atoms with E-state index >= 15 is 0 Å². The van der Waals surface area contributed by atoms with Crippen molar-refractivity contribution >= 4 is 7.60 Å². The van der Waals surface area contributed by atoms with Gasteiger partial charge in [0.15, 0.2) is 5.34 Å². The van der Waals surface area contributed by atoms with Gasteiger partial charge < -0.3 is 14.5 Å². The first-order valence-electron chi connectivity index (χ1n) is 3.01. The quantitative estimate of drug-likeness (QED) is 0.615. The first kappa shape index (κ1) is 10.1. The maximum atomic E-state index is 10.6. The maximum absolute atomic E-state index is 10.6. The molecule has 4 nitrogen and oxygen atoms in total. The highest BCUT2D eigenvalue weighted by Crippen LogP contribution is 2.50. The summed E-state index contributed by atoms with van der Waals surface area (Å²) in [5.74, 6) is 0. The summed E-state index contributed by atoms with van der Waals surface area (Å²) in [6.07, 6.45) is 0. The number of ether oxygens (including phenoxy) is 1. The molecule has 0 unspecified atom stereocenters. The summed E-state index contributed by atoms with van der Waals surface area (Å²) in [6, 6.07) is 0. The SMILES string of the molecule is CCOC(C)(C)P(=O)(O)O. The molecule has 0 atom stereocenters. The van der Waals surface area contributed by atoms with Gasteiger partial charge in [0, 0.05) is 6.61 Å². The minimum atomic E-state index is -4.11. The van der Waals surface area contributed by atoms with E-state index < -0.39 is 12.9 Å². The number of hydrogen-bond acceptors (Lipinski definition) is 2. The van der Waals surface area contributed by atoms with Crippen LogP contribution in [-0.4, -0.2) is 21.7 Å². The average molecular weight is 168 g/mol. The van der Waals surface area contributed by atoms with Crippen molar-refractivity contribution in [3.8, 4) is 0 Å². The largest absolute Gasteiger partial charge is 0.363 e. The van der Waals surface area contributed by atoms with Crippen LogP contribution in [0.15, 0.2) is 0 Å². The minimum Gasteiger partial charge on any atom is -0.363 e. The molecule has 0 radical (unpaired) electrons. The molecule has 0 aromatic rings. The van der Waals surface area contributed by atoms with E-state index in [0.717, 1.165) is 0 Å². The molecule has 0 bridgehead atoms. The highest BCUT2D eigenvalue weighted by Gasteiger charge is 2.38. The van der Waals surface area contributed by atoms with Crippen LogP contribution in [0, 0.1) is 0 Å². The Morgan fingerprint density at radius 3 is 2.00 bits per heavy atom. The Labute approximate surface area is 60.4 Å². The van der Waals surface area contributed by atoms with Gasteiger partial charge in [0.1, 0.15) is 0 Å². The molecule has 0 aromatic carbocycles. The van der Waals surface area contributed by atoms with E-state index in [9.17, 15) is 4.57 Å². The third-order valence-corrected chi connectivity index (χ3v) is 2.73. The number of rotatable bonds is 3. The molecule has 0 amide bonds. The molecule has 5 heteroatoms. The minimum absolute atomic E-state index is 0.304. The second kappa shape index (κ2) is 3.01. The lowest BCUT2D eigenvalue weighted by Gasteiger charge is -2.25. The predicted molar refractivity (Wildman–Crippen MR) is 37.7 cm³/mol. The predicted octanol–water partition coefficient (Wildman–Crippen LogP) is 0.937. The van der Waals surface area contributed by atoms with Crippen molar-refractivity contribution in [1.82, 2.24) is 0 Å². The van der Waals surface area contributed by atoms with Crippen LogP contribution in [0.4, 0.5) is 0 Å². The van der Waals surface area contributed by atoms with Crippen molar-refractivity contribution in [2.24, 2.45) is 0 Å². The molecule has 10 heavy (non-hydrogen) atoms. The Kier molecular flexibility index (Phi) is 3.04. The molecule has 0 aliphatic heterocycles. The lowest BCUT2D eigenvalue weighted by Crippen LogP contribution is -2.24. The second-order valence-electron chi connectivity index (χ2n) is 2.42. The Morgan fingerprint density at radius 1 is 1.50 bits per heavy atom. The first-order chi connectivity index (χ1) is 4.31.